The second-order valence-electron chi connectivity index (χ2n) is 3.87. The van der Waals surface area contributed by atoms with E-state index in [-0.39, 0.29) is 4.90 Å². The van der Waals surface area contributed by atoms with E-state index in [1.54, 1.807) is 25.1 Å². The first-order chi connectivity index (χ1) is 8.50. The normalized spacial score (nSPS) is 11.6. The molecular formula is C12H14N2O2S2. The number of sulfonamides is 1. The van der Waals surface area contributed by atoms with E-state index in [1.807, 2.05) is 17.5 Å². The summed E-state index contributed by atoms with van der Waals surface area (Å²) in [6, 6.07) is 8.66. The van der Waals surface area contributed by atoms with Crippen molar-refractivity contribution in [2.45, 2.75) is 18.4 Å². The largest absolute Gasteiger partial charge is 0.398 e. The lowest BCUT2D eigenvalue weighted by molar-refractivity contribution is 0.581. The highest BCUT2D eigenvalue weighted by Crippen LogP contribution is 2.20. The van der Waals surface area contributed by atoms with Crippen LogP contribution >= 0.6 is 11.3 Å². The van der Waals surface area contributed by atoms with Crippen LogP contribution in [0.15, 0.2) is 40.6 Å². The van der Waals surface area contributed by atoms with Gasteiger partial charge in [0.15, 0.2) is 0 Å². The van der Waals surface area contributed by atoms with E-state index in [4.69, 9.17) is 5.73 Å². The summed E-state index contributed by atoms with van der Waals surface area (Å²) in [5.41, 5.74) is 6.78. The number of hydrogen-bond donors (Lipinski definition) is 2. The summed E-state index contributed by atoms with van der Waals surface area (Å²) in [5, 5.41) is 1.91. The summed E-state index contributed by atoms with van der Waals surface area (Å²) in [7, 11) is -3.51. The van der Waals surface area contributed by atoms with Crippen molar-refractivity contribution in [2.24, 2.45) is 0 Å². The Kier molecular flexibility index (Phi) is 3.70. The molecule has 96 valence electrons. The van der Waals surface area contributed by atoms with Gasteiger partial charge in [-0.3, -0.25) is 0 Å². The summed E-state index contributed by atoms with van der Waals surface area (Å²) in [5.74, 6) is 0. The van der Waals surface area contributed by atoms with Crippen molar-refractivity contribution < 1.29 is 8.42 Å². The van der Waals surface area contributed by atoms with Gasteiger partial charge in [-0.25, -0.2) is 13.1 Å². The minimum absolute atomic E-state index is 0.235. The number of nitrogens with two attached hydrogens (primary N) is 1. The van der Waals surface area contributed by atoms with E-state index in [0.29, 0.717) is 17.8 Å². The van der Waals surface area contributed by atoms with Gasteiger partial charge in [0.1, 0.15) is 0 Å². The lowest BCUT2D eigenvalue weighted by atomic mass is 10.2. The summed E-state index contributed by atoms with van der Waals surface area (Å²) < 4.78 is 26.8. The Morgan fingerprint density at radius 3 is 2.72 bits per heavy atom. The van der Waals surface area contributed by atoms with E-state index in [0.717, 1.165) is 4.88 Å². The predicted molar refractivity (Wildman–Crippen MR) is 73.9 cm³/mol. The van der Waals surface area contributed by atoms with Crippen LogP contribution in [0.5, 0.6) is 0 Å². The molecule has 6 heteroatoms. The first kappa shape index (κ1) is 13.1. The van der Waals surface area contributed by atoms with Gasteiger partial charge in [-0.2, -0.15) is 0 Å². The van der Waals surface area contributed by atoms with Crippen molar-refractivity contribution in [1.29, 1.82) is 0 Å². The predicted octanol–water partition coefficient (Wildman–Crippen LogP) is 2.12. The molecule has 1 aromatic carbocycles. The molecular weight excluding hydrogens is 268 g/mol. The molecule has 0 aliphatic heterocycles. The van der Waals surface area contributed by atoms with E-state index >= 15 is 0 Å². The molecule has 0 fully saturated rings. The van der Waals surface area contributed by atoms with Gasteiger partial charge in [-0.1, -0.05) is 12.1 Å². The molecule has 0 unspecified atom stereocenters. The molecule has 2 aromatic rings. The number of thiophene rings is 1. The average molecular weight is 282 g/mol. The maximum absolute atomic E-state index is 12.1. The first-order valence-corrected chi connectivity index (χ1v) is 7.74. The highest BCUT2D eigenvalue weighted by Gasteiger charge is 2.17. The summed E-state index contributed by atoms with van der Waals surface area (Å²) in [6.45, 7) is 2.00. The molecule has 0 spiro atoms. The fourth-order valence-corrected chi connectivity index (χ4v) is 3.60. The number of nitrogen functional groups attached to an aromatic ring is 1. The SMILES string of the molecule is Cc1c(N)cccc1S(=O)(=O)NCc1cccs1. The van der Waals surface area contributed by atoms with Crippen molar-refractivity contribution in [1.82, 2.24) is 4.72 Å². The van der Waals surface area contributed by atoms with E-state index < -0.39 is 10.0 Å². The summed E-state index contributed by atoms with van der Waals surface area (Å²) >= 11 is 1.51. The Bertz CT molecular complexity index is 634. The molecule has 0 aliphatic rings. The zero-order valence-corrected chi connectivity index (χ0v) is 11.5. The molecule has 0 aliphatic carbocycles. The molecule has 18 heavy (non-hydrogen) atoms. The van der Waals surface area contributed by atoms with Crippen LogP contribution in [0.2, 0.25) is 0 Å². The van der Waals surface area contributed by atoms with Crippen LogP contribution in [0.25, 0.3) is 0 Å². The topological polar surface area (TPSA) is 72.2 Å². The maximum atomic E-state index is 12.1. The Morgan fingerprint density at radius 2 is 2.06 bits per heavy atom. The Labute approximate surface area is 111 Å². The second-order valence-corrected chi connectivity index (χ2v) is 6.64. The fourth-order valence-electron chi connectivity index (χ4n) is 1.58. The van der Waals surface area contributed by atoms with Crippen molar-refractivity contribution >= 4 is 27.0 Å². The second kappa shape index (κ2) is 5.09. The quantitative estimate of drug-likeness (QED) is 0.844. The minimum Gasteiger partial charge on any atom is -0.398 e. The third kappa shape index (κ3) is 2.72. The highest BCUT2D eigenvalue weighted by atomic mass is 32.2. The molecule has 0 saturated heterocycles. The third-order valence-corrected chi connectivity index (χ3v) is 5.05. The van der Waals surface area contributed by atoms with Crippen LogP contribution in [-0.2, 0) is 16.6 Å². The first-order valence-electron chi connectivity index (χ1n) is 5.38. The number of benzene rings is 1. The number of nitrogens with one attached hydrogen (secondary N) is 1. The van der Waals surface area contributed by atoms with E-state index in [1.165, 1.54) is 11.3 Å². The molecule has 0 amide bonds. The summed E-state index contributed by atoms with van der Waals surface area (Å²) in [6.07, 6.45) is 0. The van der Waals surface area contributed by atoms with E-state index in [2.05, 4.69) is 4.72 Å². The molecule has 0 bridgehead atoms. The number of anilines is 1. The van der Waals surface area contributed by atoms with Crippen LogP contribution in [0.4, 0.5) is 5.69 Å². The third-order valence-electron chi connectivity index (χ3n) is 2.63. The van der Waals surface area contributed by atoms with Crippen LogP contribution < -0.4 is 10.5 Å². The van der Waals surface area contributed by atoms with Crippen molar-refractivity contribution in [3.8, 4) is 0 Å². The van der Waals surface area contributed by atoms with Crippen LogP contribution in [0.3, 0.4) is 0 Å². The zero-order chi connectivity index (χ0) is 13.2. The van der Waals surface area contributed by atoms with Gasteiger partial charge in [0.25, 0.3) is 0 Å². The van der Waals surface area contributed by atoms with Crippen molar-refractivity contribution in [3.05, 3.63) is 46.2 Å². The van der Waals surface area contributed by atoms with Gasteiger partial charge >= 0.3 is 0 Å². The lowest BCUT2D eigenvalue weighted by Gasteiger charge is -2.10. The number of hydrogen-bond acceptors (Lipinski definition) is 4. The highest BCUT2D eigenvalue weighted by molar-refractivity contribution is 7.89. The van der Waals surface area contributed by atoms with Crippen molar-refractivity contribution in [2.75, 3.05) is 5.73 Å². The monoisotopic (exact) mass is 282 g/mol. The van der Waals surface area contributed by atoms with Gasteiger partial charge < -0.3 is 5.73 Å². The van der Waals surface area contributed by atoms with Gasteiger partial charge in [0, 0.05) is 17.1 Å². The molecule has 2 rings (SSSR count). The van der Waals surface area contributed by atoms with Gasteiger partial charge in [-0.15, -0.1) is 11.3 Å². The van der Waals surface area contributed by atoms with Gasteiger partial charge in [-0.05, 0) is 36.1 Å². The molecule has 0 radical (unpaired) electrons. The van der Waals surface area contributed by atoms with Crippen LogP contribution in [0.1, 0.15) is 10.4 Å². The lowest BCUT2D eigenvalue weighted by Crippen LogP contribution is -2.23. The zero-order valence-electron chi connectivity index (χ0n) is 9.88. The van der Waals surface area contributed by atoms with Gasteiger partial charge in [0.05, 0.1) is 4.90 Å². The molecule has 1 aromatic heterocycles. The molecule has 4 nitrogen and oxygen atoms in total. The molecule has 1 heterocycles. The van der Waals surface area contributed by atoms with Gasteiger partial charge in [0.2, 0.25) is 10.0 Å². The average Bonchev–Trinajstić information content (AvgIpc) is 2.83. The van der Waals surface area contributed by atoms with E-state index in [9.17, 15) is 8.42 Å². The standard InChI is InChI=1S/C12H14N2O2S2/c1-9-11(13)5-2-6-12(9)18(15,16)14-8-10-4-3-7-17-10/h2-7,14H,8,13H2,1H3. The number of rotatable bonds is 4. The Morgan fingerprint density at radius 1 is 1.28 bits per heavy atom. The maximum Gasteiger partial charge on any atom is 0.241 e. The van der Waals surface area contributed by atoms with Crippen LogP contribution in [-0.4, -0.2) is 8.42 Å². The van der Waals surface area contributed by atoms with Crippen LogP contribution in [0, 0.1) is 6.92 Å². The van der Waals surface area contributed by atoms with Crippen molar-refractivity contribution in [3.63, 3.8) is 0 Å². The summed E-state index contributed by atoms with van der Waals surface area (Å²) in [4.78, 5) is 1.21. The minimum atomic E-state index is -3.51. The molecule has 3 N–H and O–H groups in total. The molecule has 0 atom stereocenters. The smallest absolute Gasteiger partial charge is 0.241 e. The molecule has 0 saturated carbocycles. The Balaban J connectivity index is 2.23. The Hall–Kier alpha value is -1.37. The fraction of sp³-hybridized carbons (Fsp3) is 0.167.